The number of ether oxygens (including phenoxy) is 1. The third-order valence-electron chi connectivity index (χ3n) is 4.17. The number of non-ortho nitro benzene ring substituents is 1. The predicted molar refractivity (Wildman–Crippen MR) is 111 cm³/mol. The molecule has 1 heterocycles. The molecule has 0 amide bonds. The maximum Gasteiger partial charge on any atom is 0.269 e. The van der Waals surface area contributed by atoms with Gasteiger partial charge in [0.1, 0.15) is 5.75 Å². The van der Waals surface area contributed by atoms with E-state index in [2.05, 4.69) is 10.2 Å². The lowest BCUT2D eigenvalue weighted by atomic mass is 10.1. The summed E-state index contributed by atoms with van der Waals surface area (Å²) in [6.45, 7) is 2.54. The number of thioether (sulfide) groups is 1. The average Bonchev–Trinajstić information content (AvgIpc) is 3.14. The molecule has 0 radical (unpaired) electrons. The van der Waals surface area contributed by atoms with Crippen LogP contribution in [-0.4, -0.2) is 38.3 Å². The second-order valence-electron chi connectivity index (χ2n) is 5.91. The van der Waals surface area contributed by atoms with Crippen molar-refractivity contribution in [3.05, 3.63) is 63.2 Å². The van der Waals surface area contributed by atoms with Crippen molar-refractivity contribution in [1.82, 2.24) is 14.8 Å². The maximum absolute atomic E-state index is 12.4. The first-order chi connectivity index (χ1) is 13.9. The Kier molecular flexibility index (Phi) is 6.50. The van der Waals surface area contributed by atoms with Crippen molar-refractivity contribution in [2.24, 2.45) is 0 Å². The molecule has 0 atom stereocenters. The number of methoxy groups -OCH3 is 1. The maximum atomic E-state index is 12.4. The fourth-order valence-electron chi connectivity index (χ4n) is 2.72. The second kappa shape index (κ2) is 9.06. The average molecular weight is 433 g/mol. The van der Waals surface area contributed by atoms with Gasteiger partial charge in [0.2, 0.25) is 0 Å². The largest absolute Gasteiger partial charge is 0.496 e. The molecule has 0 saturated heterocycles. The standard InChI is InChI=1S/C19H17ClN4O4S/c1-3-23-18(15-10-13(20)6-9-17(15)28-2)21-22-19(23)29-11-16(25)12-4-7-14(8-5-12)24(26)27/h4-10H,3,11H2,1-2H3. The lowest BCUT2D eigenvalue weighted by molar-refractivity contribution is -0.384. The Morgan fingerprint density at radius 2 is 1.97 bits per heavy atom. The van der Waals surface area contributed by atoms with Crippen molar-refractivity contribution in [3.8, 4) is 17.1 Å². The van der Waals surface area contributed by atoms with Gasteiger partial charge < -0.3 is 9.30 Å². The van der Waals surface area contributed by atoms with Gasteiger partial charge in [0, 0.05) is 29.3 Å². The van der Waals surface area contributed by atoms with Crippen LogP contribution in [0, 0.1) is 10.1 Å². The van der Waals surface area contributed by atoms with Gasteiger partial charge in [-0.15, -0.1) is 10.2 Å². The van der Waals surface area contributed by atoms with Crippen LogP contribution in [-0.2, 0) is 6.54 Å². The molecular weight excluding hydrogens is 416 g/mol. The van der Waals surface area contributed by atoms with Crippen LogP contribution in [0.25, 0.3) is 11.4 Å². The highest BCUT2D eigenvalue weighted by Crippen LogP contribution is 2.33. The minimum atomic E-state index is -0.502. The zero-order chi connectivity index (χ0) is 21.0. The van der Waals surface area contributed by atoms with Gasteiger partial charge >= 0.3 is 0 Å². The molecular formula is C19H17ClN4O4S. The second-order valence-corrected chi connectivity index (χ2v) is 7.29. The van der Waals surface area contributed by atoms with E-state index in [1.807, 2.05) is 11.5 Å². The monoisotopic (exact) mass is 432 g/mol. The predicted octanol–water partition coefficient (Wildman–Crippen LogP) is 4.51. The number of hydrogen-bond donors (Lipinski definition) is 0. The molecule has 0 aliphatic heterocycles. The van der Waals surface area contributed by atoms with E-state index in [4.69, 9.17) is 16.3 Å². The Morgan fingerprint density at radius 1 is 1.24 bits per heavy atom. The molecule has 0 fully saturated rings. The molecule has 0 aliphatic rings. The first-order valence-corrected chi connectivity index (χ1v) is 9.98. The van der Waals surface area contributed by atoms with E-state index < -0.39 is 4.92 Å². The van der Waals surface area contributed by atoms with E-state index in [0.29, 0.717) is 39.4 Å². The molecule has 3 rings (SSSR count). The summed E-state index contributed by atoms with van der Waals surface area (Å²) in [5, 5.41) is 20.3. The van der Waals surface area contributed by atoms with Crippen molar-refractivity contribution >= 4 is 34.8 Å². The summed E-state index contributed by atoms with van der Waals surface area (Å²) >= 11 is 7.37. The zero-order valence-electron chi connectivity index (χ0n) is 15.7. The van der Waals surface area contributed by atoms with E-state index in [1.165, 1.54) is 36.0 Å². The van der Waals surface area contributed by atoms with Crippen LogP contribution in [0.4, 0.5) is 5.69 Å². The summed E-state index contributed by atoms with van der Waals surface area (Å²) in [6.07, 6.45) is 0. The molecule has 2 aromatic carbocycles. The van der Waals surface area contributed by atoms with Gasteiger partial charge in [-0.2, -0.15) is 0 Å². The van der Waals surface area contributed by atoms with Gasteiger partial charge in [-0.25, -0.2) is 0 Å². The number of nitrogens with zero attached hydrogens (tertiary/aromatic N) is 4. The molecule has 0 N–H and O–H groups in total. The van der Waals surface area contributed by atoms with E-state index in [0.717, 1.165) is 0 Å². The van der Waals surface area contributed by atoms with Crippen LogP contribution in [0.2, 0.25) is 5.02 Å². The Labute approximate surface area is 176 Å². The number of rotatable bonds is 8. The van der Waals surface area contributed by atoms with Gasteiger partial charge in [0.25, 0.3) is 5.69 Å². The van der Waals surface area contributed by atoms with Crippen LogP contribution in [0.5, 0.6) is 5.75 Å². The Morgan fingerprint density at radius 3 is 2.59 bits per heavy atom. The molecule has 0 aliphatic carbocycles. The lowest BCUT2D eigenvalue weighted by Crippen LogP contribution is -2.05. The summed E-state index contributed by atoms with van der Waals surface area (Å²) in [6, 6.07) is 10.8. The zero-order valence-corrected chi connectivity index (χ0v) is 17.2. The van der Waals surface area contributed by atoms with Crippen LogP contribution in [0.3, 0.4) is 0 Å². The van der Waals surface area contributed by atoms with Crippen LogP contribution >= 0.6 is 23.4 Å². The molecule has 3 aromatic rings. The highest BCUT2D eigenvalue weighted by molar-refractivity contribution is 7.99. The molecule has 10 heteroatoms. The van der Waals surface area contributed by atoms with Gasteiger partial charge in [-0.05, 0) is 37.3 Å². The number of carbonyl (C=O) groups excluding carboxylic acids is 1. The highest BCUT2D eigenvalue weighted by atomic mass is 35.5. The van der Waals surface area contributed by atoms with Crippen LogP contribution in [0.1, 0.15) is 17.3 Å². The molecule has 8 nitrogen and oxygen atoms in total. The summed E-state index contributed by atoms with van der Waals surface area (Å²) in [4.78, 5) is 22.7. The quantitative estimate of drug-likeness (QED) is 0.223. The van der Waals surface area contributed by atoms with E-state index in [9.17, 15) is 14.9 Å². The van der Waals surface area contributed by atoms with Crippen molar-refractivity contribution < 1.29 is 14.5 Å². The van der Waals surface area contributed by atoms with Gasteiger partial charge in [0.05, 0.1) is 23.3 Å². The van der Waals surface area contributed by atoms with Crippen molar-refractivity contribution in [2.75, 3.05) is 12.9 Å². The number of hydrogen-bond acceptors (Lipinski definition) is 7. The summed E-state index contributed by atoms with van der Waals surface area (Å²) in [5.41, 5.74) is 1.06. The van der Waals surface area contributed by atoms with Gasteiger partial charge in [-0.1, -0.05) is 23.4 Å². The smallest absolute Gasteiger partial charge is 0.269 e. The minimum Gasteiger partial charge on any atom is -0.496 e. The first kappa shape index (κ1) is 20.8. The van der Waals surface area contributed by atoms with Gasteiger partial charge in [-0.3, -0.25) is 14.9 Å². The summed E-state index contributed by atoms with van der Waals surface area (Å²) in [5.74, 6) is 1.19. The van der Waals surface area contributed by atoms with Crippen LogP contribution < -0.4 is 4.74 Å². The van der Waals surface area contributed by atoms with Crippen molar-refractivity contribution in [3.63, 3.8) is 0 Å². The lowest BCUT2D eigenvalue weighted by Gasteiger charge is -2.11. The number of Topliss-reactive ketones (excluding diaryl/α,β-unsaturated/α-hetero) is 1. The number of halogens is 1. The molecule has 0 spiro atoms. The fourth-order valence-corrected chi connectivity index (χ4v) is 3.79. The van der Waals surface area contributed by atoms with Crippen molar-refractivity contribution in [1.29, 1.82) is 0 Å². The molecule has 0 saturated carbocycles. The topological polar surface area (TPSA) is 100 Å². The molecule has 1 aromatic heterocycles. The fraction of sp³-hybridized carbons (Fsp3) is 0.211. The molecule has 0 bridgehead atoms. The van der Waals surface area contributed by atoms with E-state index in [1.54, 1.807) is 25.3 Å². The Bertz CT molecular complexity index is 1050. The van der Waals surface area contributed by atoms with Gasteiger partial charge in [0.15, 0.2) is 16.8 Å². The van der Waals surface area contributed by atoms with Crippen molar-refractivity contribution in [2.45, 2.75) is 18.6 Å². The van der Waals surface area contributed by atoms with E-state index in [-0.39, 0.29) is 17.2 Å². The first-order valence-electron chi connectivity index (χ1n) is 8.62. The third kappa shape index (κ3) is 4.57. The number of benzene rings is 2. The van der Waals surface area contributed by atoms with Crippen LogP contribution in [0.15, 0.2) is 47.6 Å². The molecule has 0 unspecified atom stereocenters. The molecule has 150 valence electrons. The number of carbonyl (C=O) groups is 1. The number of ketones is 1. The van der Waals surface area contributed by atoms with E-state index >= 15 is 0 Å². The summed E-state index contributed by atoms with van der Waals surface area (Å²) < 4.78 is 7.27. The summed E-state index contributed by atoms with van der Waals surface area (Å²) in [7, 11) is 1.57. The highest BCUT2D eigenvalue weighted by Gasteiger charge is 2.18. The number of nitro benzene ring substituents is 1. The third-order valence-corrected chi connectivity index (χ3v) is 5.37. The Balaban J connectivity index is 1.80. The number of aromatic nitrogens is 3. The molecule has 29 heavy (non-hydrogen) atoms. The SMILES string of the molecule is CCn1c(SCC(=O)c2ccc([N+](=O)[O-])cc2)nnc1-c1cc(Cl)ccc1OC. The minimum absolute atomic E-state index is 0.0555. The number of nitro groups is 1. The Hall–Kier alpha value is -2.91. The normalized spacial score (nSPS) is 10.7.